The van der Waals surface area contributed by atoms with Gasteiger partial charge in [0.25, 0.3) is 0 Å². The molecule has 2 heteroatoms. The molecule has 0 saturated heterocycles. The van der Waals surface area contributed by atoms with Gasteiger partial charge in [0.1, 0.15) is 0 Å². The van der Waals surface area contributed by atoms with E-state index in [2.05, 4.69) is 20.8 Å². The van der Waals surface area contributed by atoms with Crippen LogP contribution in [0.25, 0.3) is 0 Å². The Labute approximate surface area is 74.9 Å². The predicted octanol–water partition coefficient (Wildman–Crippen LogP) is 2.94. The van der Waals surface area contributed by atoms with Crippen LogP contribution >= 0.6 is 11.8 Å². The fraction of sp³-hybridized carbons (Fsp3) is 1.00. The normalized spacial score (nSPS) is 13.4. The minimum Gasteiger partial charge on any atom is -0.380 e. The van der Waals surface area contributed by atoms with Crippen LogP contribution in [0.4, 0.5) is 0 Å². The molecule has 0 aliphatic rings. The molecule has 0 N–H and O–H groups in total. The van der Waals surface area contributed by atoms with Crippen molar-refractivity contribution in [2.24, 2.45) is 0 Å². The maximum Gasteiger partial charge on any atom is 0.0582 e. The van der Waals surface area contributed by atoms with Crippen molar-refractivity contribution >= 4 is 11.8 Å². The summed E-state index contributed by atoms with van der Waals surface area (Å²) in [5.74, 6) is 1.19. The molecule has 0 radical (unpaired) electrons. The van der Waals surface area contributed by atoms with Crippen LogP contribution in [0, 0.1) is 0 Å². The molecule has 0 fully saturated rings. The van der Waals surface area contributed by atoms with Crippen molar-refractivity contribution in [1.82, 2.24) is 0 Å². The Bertz CT molecular complexity index is 76.0. The molecule has 0 aliphatic carbocycles. The van der Waals surface area contributed by atoms with Crippen LogP contribution in [0.15, 0.2) is 0 Å². The van der Waals surface area contributed by atoms with Gasteiger partial charge in [-0.15, -0.1) is 0 Å². The van der Waals surface area contributed by atoms with Gasteiger partial charge in [0, 0.05) is 11.9 Å². The number of thioether (sulfide) groups is 1. The molecule has 0 aliphatic heterocycles. The van der Waals surface area contributed by atoms with E-state index in [1.54, 1.807) is 0 Å². The summed E-state index contributed by atoms with van der Waals surface area (Å²) < 4.78 is 5.47. The highest BCUT2D eigenvalue weighted by atomic mass is 32.2. The molecule has 1 atom stereocenters. The third-order valence-corrected chi connectivity index (χ3v) is 2.48. The van der Waals surface area contributed by atoms with E-state index in [1.807, 2.05) is 11.8 Å². The molecule has 0 aromatic heterocycles. The first kappa shape index (κ1) is 11.3. The fourth-order valence-corrected chi connectivity index (χ4v) is 1.59. The molecule has 68 valence electrons. The Kier molecular flexibility index (Phi) is 8.64. The van der Waals surface area contributed by atoms with Crippen LogP contribution in [0.3, 0.4) is 0 Å². The smallest absolute Gasteiger partial charge is 0.0582 e. The molecule has 0 heterocycles. The molecule has 1 nitrogen and oxygen atoms in total. The van der Waals surface area contributed by atoms with Gasteiger partial charge in [-0.05, 0) is 12.2 Å². The highest BCUT2D eigenvalue weighted by Gasteiger charge is 1.99. The number of hydrogen-bond donors (Lipinski definition) is 0. The maximum atomic E-state index is 5.47. The summed E-state index contributed by atoms with van der Waals surface area (Å²) in [5.41, 5.74) is 0. The van der Waals surface area contributed by atoms with Crippen molar-refractivity contribution in [2.45, 2.75) is 38.9 Å². The summed E-state index contributed by atoms with van der Waals surface area (Å²) >= 11 is 1.96. The van der Waals surface area contributed by atoms with E-state index in [1.165, 1.54) is 18.6 Å². The van der Waals surface area contributed by atoms with Gasteiger partial charge >= 0.3 is 0 Å². The SMILES string of the molecule is CCCCOCC(C)SCC. The first-order valence-electron chi connectivity index (χ1n) is 4.50. The third kappa shape index (κ3) is 8.21. The lowest BCUT2D eigenvalue weighted by molar-refractivity contribution is 0.135. The van der Waals surface area contributed by atoms with Crippen LogP contribution in [-0.4, -0.2) is 24.2 Å². The second-order valence-corrected chi connectivity index (χ2v) is 4.41. The maximum absolute atomic E-state index is 5.47. The van der Waals surface area contributed by atoms with Crippen molar-refractivity contribution in [3.63, 3.8) is 0 Å². The van der Waals surface area contributed by atoms with Crippen LogP contribution in [-0.2, 0) is 4.74 Å². The number of ether oxygens (including phenoxy) is 1. The zero-order valence-electron chi connectivity index (χ0n) is 7.93. The summed E-state index contributed by atoms with van der Waals surface area (Å²) in [4.78, 5) is 0. The van der Waals surface area contributed by atoms with Gasteiger partial charge in [0.15, 0.2) is 0 Å². The van der Waals surface area contributed by atoms with E-state index < -0.39 is 0 Å². The minimum atomic E-state index is 0.664. The lowest BCUT2D eigenvalue weighted by atomic mass is 10.4. The highest BCUT2D eigenvalue weighted by Crippen LogP contribution is 2.09. The topological polar surface area (TPSA) is 9.23 Å². The number of unbranched alkanes of at least 4 members (excludes halogenated alkanes) is 1. The Balaban J connectivity index is 2.97. The summed E-state index contributed by atoms with van der Waals surface area (Å²) in [6.45, 7) is 8.45. The predicted molar refractivity (Wildman–Crippen MR) is 53.3 cm³/mol. The van der Waals surface area contributed by atoms with Gasteiger partial charge in [0.2, 0.25) is 0 Å². The second-order valence-electron chi connectivity index (χ2n) is 2.69. The van der Waals surface area contributed by atoms with E-state index in [4.69, 9.17) is 4.74 Å². The van der Waals surface area contributed by atoms with Crippen LogP contribution in [0.5, 0.6) is 0 Å². The minimum absolute atomic E-state index is 0.664. The molecule has 1 unspecified atom stereocenters. The molecule has 0 aromatic rings. The van der Waals surface area contributed by atoms with Crippen LogP contribution < -0.4 is 0 Å². The highest BCUT2D eigenvalue weighted by molar-refractivity contribution is 7.99. The van der Waals surface area contributed by atoms with Crippen molar-refractivity contribution in [1.29, 1.82) is 0 Å². The van der Waals surface area contributed by atoms with Crippen LogP contribution in [0.2, 0.25) is 0 Å². The van der Waals surface area contributed by atoms with E-state index in [-0.39, 0.29) is 0 Å². The van der Waals surface area contributed by atoms with Crippen molar-refractivity contribution < 1.29 is 4.74 Å². The lowest BCUT2D eigenvalue weighted by Gasteiger charge is -2.09. The Morgan fingerprint density at radius 1 is 1.36 bits per heavy atom. The standard InChI is InChI=1S/C9H20OS/c1-4-6-7-10-8-9(3)11-5-2/h9H,4-8H2,1-3H3. The largest absolute Gasteiger partial charge is 0.380 e. The van der Waals surface area contributed by atoms with E-state index >= 15 is 0 Å². The lowest BCUT2D eigenvalue weighted by Crippen LogP contribution is -2.08. The molecule has 0 rings (SSSR count). The van der Waals surface area contributed by atoms with Gasteiger partial charge in [-0.3, -0.25) is 0 Å². The summed E-state index contributed by atoms with van der Waals surface area (Å²) in [5, 5.41) is 0.664. The van der Waals surface area contributed by atoms with Gasteiger partial charge in [0.05, 0.1) is 6.61 Å². The van der Waals surface area contributed by atoms with Crippen molar-refractivity contribution in [3.8, 4) is 0 Å². The van der Waals surface area contributed by atoms with Gasteiger partial charge in [-0.1, -0.05) is 27.2 Å². The summed E-state index contributed by atoms with van der Waals surface area (Å²) in [6, 6.07) is 0. The van der Waals surface area contributed by atoms with E-state index in [0.717, 1.165) is 13.2 Å². The fourth-order valence-electron chi connectivity index (χ4n) is 0.828. The number of rotatable bonds is 7. The molecular weight excluding hydrogens is 156 g/mol. The third-order valence-electron chi connectivity index (χ3n) is 1.45. The molecule has 0 bridgehead atoms. The molecule has 0 amide bonds. The summed E-state index contributed by atoms with van der Waals surface area (Å²) in [7, 11) is 0. The van der Waals surface area contributed by atoms with Gasteiger partial charge < -0.3 is 4.74 Å². The van der Waals surface area contributed by atoms with Gasteiger partial charge in [-0.2, -0.15) is 11.8 Å². The Morgan fingerprint density at radius 2 is 2.09 bits per heavy atom. The van der Waals surface area contributed by atoms with E-state index in [9.17, 15) is 0 Å². The van der Waals surface area contributed by atoms with Gasteiger partial charge in [-0.25, -0.2) is 0 Å². The zero-order valence-corrected chi connectivity index (χ0v) is 8.75. The van der Waals surface area contributed by atoms with E-state index in [0.29, 0.717) is 5.25 Å². The average molecular weight is 176 g/mol. The average Bonchev–Trinajstić information content (AvgIpc) is 1.99. The molecule has 0 aromatic carbocycles. The Hall–Kier alpha value is 0.310. The molecule has 0 saturated carbocycles. The molecular formula is C9H20OS. The first-order chi connectivity index (χ1) is 5.31. The van der Waals surface area contributed by atoms with Crippen molar-refractivity contribution in [3.05, 3.63) is 0 Å². The monoisotopic (exact) mass is 176 g/mol. The molecule has 11 heavy (non-hydrogen) atoms. The number of hydrogen-bond acceptors (Lipinski definition) is 2. The molecule has 0 spiro atoms. The second kappa shape index (κ2) is 8.41. The van der Waals surface area contributed by atoms with Crippen molar-refractivity contribution in [2.75, 3.05) is 19.0 Å². The quantitative estimate of drug-likeness (QED) is 0.552. The zero-order chi connectivity index (χ0) is 8.53. The first-order valence-corrected chi connectivity index (χ1v) is 5.55. The summed E-state index contributed by atoms with van der Waals surface area (Å²) in [6.07, 6.45) is 2.43. The Morgan fingerprint density at radius 3 is 2.64 bits per heavy atom. The van der Waals surface area contributed by atoms with Crippen LogP contribution in [0.1, 0.15) is 33.6 Å².